The van der Waals surface area contributed by atoms with Crippen LogP contribution in [0.3, 0.4) is 0 Å². The lowest BCUT2D eigenvalue weighted by molar-refractivity contribution is -0.121. The lowest BCUT2D eigenvalue weighted by Crippen LogP contribution is -2.39. The van der Waals surface area contributed by atoms with E-state index in [0.29, 0.717) is 5.69 Å². The maximum Gasteiger partial charge on any atom is 0.251 e. The van der Waals surface area contributed by atoms with Crippen LogP contribution in [0.1, 0.15) is 77.6 Å². The molecular formula is C22H33IN2O2. The molecule has 4 nitrogen and oxygen atoms in total. The summed E-state index contributed by atoms with van der Waals surface area (Å²) < 4.78 is 1.09. The van der Waals surface area contributed by atoms with Crippen molar-refractivity contribution in [1.29, 1.82) is 0 Å². The number of hydrogen-bond acceptors (Lipinski definition) is 3. The molecule has 2 amide bonds. The molecule has 27 heavy (non-hydrogen) atoms. The lowest BCUT2D eigenvalue weighted by Gasteiger charge is -2.15. The van der Waals surface area contributed by atoms with Crippen LogP contribution in [0.5, 0.6) is 0 Å². The zero-order chi connectivity index (χ0) is 19.5. The van der Waals surface area contributed by atoms with Crippen molar-refractivity contribution in [2.24, 2.45) is 0 Å². The van der Waals surface area contributed by atoms with Gasteiger partial charge < -0.3 is 5.32 Å². The largest absolute Gasteiger partial charge is 0.305 e. The van der Waals surface area contributed by atoms with Gasteiger partial charge in [0, 0.05) is 3.57 Å². The highest BCUT2D eigenvalue weighted by Gasteiger charge is 2.38. The second-order valence-corrected chi connectivity index (χ2v) is 8.68. The quantitative estimate of drug-likeness (QED) is 0.231. The average molecular weight is 484 g/mol. The van der Waals surface area contributed by atoms with Crippen LogP contribution in [0, 0.1) is 3.57 Å². The highest BCUT2D eigenvalue weighted by atomic mass is 127. The van der Waals surface area contributed by atoms with Gasteiger partial charge in [0.05, 0.1) is 18.2 Å². The Kier molecular flexibility index (Phi) is 10.3. The predicted molar refractivity (Wildman–Crippen MR) is 120 cm³/mol. The first-order valence-corrected chi connectivity index (χ1v) is 11.6. The van der Waals surface area contributed by atoms with E-state index >= 15 is 0 Å². The lowest BCUT2D eigenvalue weighted by atomic mass is 10.1. The summed E-state index contributed by atoms with van der Waals surface area (Å²) in [5.74, 6) is -0.227. The molecule has 1 heterocycles. The Hall–Kier alpha value is -0.950. The summed E-state index contributed by atoms with van der Waals surface area (Å²) in [6.45, 7) is 3.06. The number of anilines is 1. The first kappa shape index (κ1) is 22.3. The number of nitrogens with zero attached hydrogens (tertiary/aromatic N) is 1. The third-order valence-corrected chi connectivity index (χ3v) is 5.87. The SMILES string of the molecule is CCCCCCCCCCCCN[C@@H]1CC(=O)N(c2ccc(I)cc2)C1=O. The summed E-state index contributed by atoms with van der Waals surface area (Å²) in [7, 11) is 0. The number of carbonyl (C=O) groups excluding carboxylic acids is 2. The molecule has 1 aliphatic rings. The van der Waals surface area contributed by atoms with E-state index in [-0.39, 0.29) is 24.3 Å². The topological polar surface area (TPSA) is 49.4 Å². The third kappa shape index (κ3) is 7.53. The van der Waals surface area contributed by atoms with E-state index in [1.165, 1.54) is 62.7 Å². The monoisotopic (exact) mass is 484 g/mol. The van der Waals surface area contributed by atoms with E-state index < -0.39 is 0 Å². The molecule has 0 aromatic heterocycles. The van der Waals surface area contributed by atoms with Gasteiger partial charge in [-0.05, 0) is 59.8 Å². The first-order valence-electron chi connectivity index (χ1n) is 10.5. The highest BCUT2D eigenvalue weighted by molar-refractivity contribution is 14.1. The summed E-state index contributed by atoms with van der Waals surface area (Å²) in [5.41, 5.74) is 0.675. The molecule has 0 radical (unpaired) electrons. The van der Waals surface area contributed by atoms with E-state index in [9.17, 15) is 9.59 Å². The van der Waals surface area contributed by atoms with Crippen LogP contribution in [-0.4, -0.2) is 24.4 Å². The number of benzene rings is 1. The van der Waals surface area contributed by atoms with Gasteiger partial charge in [0.1, 0.15) is 0 Å². The minimum Gasteiger partial charge on any atom is -0.305 e. The molecular weight excluding hydrogens is 451 g/mol. The molecule has 1 aliphatic heterocycles. The van der Waals surface area contributed by atoms with Crippen molar-refractivity contribution in [2.75, 3.05) is 11.4 Å². The molecule has 2 rings (SSSR count). The van der Waals surface area contributed by atoms with E-state index in [0.717, 1.165) is 16.5 Å². The summed E-state index contributed by atoms with van der Waals surface area (Å²) in [4.78, 5) is 26.1. The zero-order valence-corrected chi connectivity index (χ0v) is 18.7. The Morgan fingerprint density at radius 1 is 0.926 bits per heavy atom. The Morgan fingerprint density at radius 3 is 2.07 bits per heavy atom. The van der Waals surface area contributed by atoms with Crippen LogP contribution < -0.4 is 10.2 Å². The fourth-order valence-corrected chi connectivity index (χ4v) is 3.90. The zero-order valence-electron chi connectivity index (χ0n) is 16.5. The second-order valence-electron chi connectivity index (χ2n) is 7.44. The molecule has 1 fully saturated rings. The first-order chi connectivity index (χ1) is 13.1. The highest BCUT2D eigenvalue weighted by Crippen LogP contribution is 2.23. The van der Waals surface area contributed by atoms with Gasteiger partial charge in [-0.25, -0.2) is 4.90 Å². The predicted octanol–water partition coefficient (Wildman–Crippen LogP) is 5.43. The molecule has 1 aromatic carbocycles. The van der Waals surface area contributed by atoms with Crippen LogP contribution in [0.15, 0.2) is 24.3 Å². The van der Waals surface area contributed by atoms with Gasteiger partial charge in [0.2, 0.25) is 5.91 Å². The van der Waals surface area contributed by atoms with Crippen molar-refractivity contribution in [1.82, 2.24) is 5.32 Å². The molecule has 0 unspecified atom stereocenters. The number of unbranched alkanes of at least 4 members (excludes halogenated alkanes) is 9. The maximum absolute atomic E-state index is 12.6. The summed E-state index contributed by atoms with van der Waals surface area (Å²) in [5, 5.41) is 3.28. The number of amides is 2. The van der Waals surface area contributed by atoms with E-state index in [2.05, 4.69) is 34.8 Å². The minimum absolute atomic E-state index is 0.109. The number of carbonyl (C=O) groups is 2. The fourth-order valence-electron chi connectivity index (χ4n) is 3.54. The molecule has 0 saturated carbocycles. The Morgan fingerprint density at radius 2 is 1.48 bits per heavy atom. The van der Waals surface area contributed by atoms with Crippen molar-refractivity contribution in [3.05, 3.63) is 27.8 Å². The molecule has 1 aromatic rings. The normalized spacial score (nSPS) is 17.1. The molecule has 0 aliphatic carbocycles. The Labute approximate surface area is 177 Å². The number of hydrogen-bond donors (Lipinski definition) is 1. The van der Waals surface area contributed by atoms with Crippen LogP contribution in [0.2, 0.25) is 0 Å². The molecule has 0 spiro atoms. The van der Waals surface area contributed by atoms with Crippen LogP contribution >= 0.6 is 22.6 Å². The van der Waals surface area contributed by atoms with Crippen molar-refractivity contribution in [2.45, 2.75) is 83.6 Å². The second kappa shape index (κ2) is 12.5. The van der Waals surface area contributed by atoms with Crippen molar-refractivity contribution in [3.63, 3.8) is 0 Å². The van der Waals surface area contributed by atoms with Gasteiger partial charge >= 0.3 is 0 Å². The molecule has 1 N–H and O–H groups in total. The molecule has 5 heteroatoms. The van der Waals surface area contributed by atoms with Crippen molar-refractivity contribution >= 4 is 40.1 Å². The van der Waals surface area contributed by atoms with Gasteiger partial charge in [-0.15, -0.1) is 0 Å². The average Bonchev–Trinajstić information content (AvgIpc) is 2.94. The van der Waals surface area contributed by atoms with Gasteiger partial charge in [-0.1, -0.05) is 64.7 Å². The number of nitrogens with one attached hydrogen (secondary N) is 1. The van der Waals surface area contributed by atoms with Crippen molar-refractivity contribution in [3.8, 4) is 0 Å². The van der Waals surface area contributed by atoms with Gasteiger partial charge in [-0.3, -0.25) is 9.59 Å². The van der Waals surface area contributed by atoms with Crippen molar-refractivity contribution < 1.29 is 9.59 Å². The van der Waals surface area contributed by atoms with E-state index in [1.807, 2.05) is 24.3 Å². The fraction of sp³-hybridized carbons (Fsp3) is 0.636. The number of halogens is 1. The van der Waals surface area contributed by atoms with Crippen LogP contribution in [0.25, 0.3) is 0 Å². The summed E-state index contributed by atoms with van der Waals surface area (Å²) >= 11 is 2.21. The third-order valence-electron chi connectivity index (χ3n) is 5.15. The number of imide groups is 1. The molecule has 1 saturated heterocycles. The van der Waals surface area contributed by atoms with Crippen LogP contribution in [0.4, 0.5) is 5.69 Å². The Bertz CT molecular complexity index is 588. The maximum atomic E-state index is 12.6. The van der Waals surface area contributed by atoms with E-state index in [1.54, 1.807) is 0 Å². The standard InChI is InChI=1S/C22H33IN2O2/c1-2-3-4-5-6-7-8-9-10-11-16-24-20-17-21(26)25(22(20)27)19-14-12-18(23)13-15-19/h12-15,20,24H,2-11,16-17H2,1H3/t20-/m1/s1. The molecule has 1 atom stereocenters. The summed E-state index contributed by atoms with van der Waals surface area (Å²) in [6, 6.07) is 7.14. The molecule has 150 valence electrons. The van der Waals surface area contributed by atoms with Crippen LogP contribution in [-0.2, 0) is 9.59 Å². The number of rotatable bonds is 13. The molecule has 0 bridgehead atoms. The van der Waals surface area contributed by atoms with Gasteiger partial charge in [0.25, 0.3) is 5.91 Å². The minimum atomic E-state index is -0.365. The Balaban J connectivity index is 1.58. The van der Waals surface area contributed by atoms with Gasteiger partial charge in [0.15, 0.2) is 0 Å². The smallest absolute Gasteiger partial charge is 0.251 e. The van der Waals surface area contributed by atoms with E-state index in [4.69, 9.17) is 0 Å². The van der Waals surface area contributed by atoms with Gasteiger partial charge in [-0.2, -0.15) is 0 Å². The summed E-state index contributed by atoms with van der Waals surface area (Å²) in [6.07, 6.45) is 13.3.